The molecular formula is C11H16NOPS2. The van der Waals surface area contributed by atoms with Crippen molar-refractivity contribution in [1.82, 2.24) is 0 Å². The Morgan fingerprint density at radius 3 is 3.12 bits per heavy atom. The van der Waals surface area contributed by atoms with E-state index in [0.717, 1.165) is 24.8 Å². The molecule has 16 heavy (non-hydrogen) atoms. The van der Waals surface area contributed by atoms with Crippen molar-refractivity contribution in [3.8, 4) is 0 Å². The van der Waals surface area contributed by atoms with E-state index in [4.69, 9.17) is 28.6 Å². The molecule has 5 heteroatoms. The van der Waals surface area contributed by atoms with E-state index in [2.05, 4.69) is 12.7 Å². The molecule has 1 saturated heterocycles. The molecule has 0 aromatic rings. The van der Waals surface area contributed by atoms with Gasteiger partial charge < -0.3 is 21.7 Å². The highest BCUT2D eigenvalue weighted by molar-refractivity contribution is 8.54. The van der Waals surface area contributed by atoms with Crippen molar-refractivity contribution < 1.29 is 9.42 Å². The van der Waals surface area contributed by atoms with Crippen LogP contribution in [-0.2, 0) is 28.6 Å². The summed E-state index contributed by atoms with van der Waals surface area (Å²) in [5, 5.41) is 0.905. The molecule has 0 bridgehead atoms. The lowest BCUT2D eigenvalue weighted by Crippen LogP contribution is -3.10. The number of likely N-dealkylation sites (N-methyl/N-ethyl adjacent to an activating group) is 1. The predicted molar refractivity (Wildman–Crippen MR) is 73.1 cm³/mol. The van der Waals surface area contributed by atoms with Crippen LogP contribution >= 0.6 is 5.47 Å². The Kier molecular flexibility index (Phi) is 4.12. The van der Waals surface area contributed by atoms with Crippen LogP contribution in [0.5, 0.6) is 0 Å². The molecular weight excluding hydrogens is 257 g/mol. The third kappa shape index (κ3) is 2.89. The number of nitrogens with one attached hydrogen (secondary N) is 1. The molecule has 88 valence electrons. The summed E-state index contributed by atoms with van der Waals surface area (Å²) in [6, 6.07) is 0. The predicted octanol–water partition coefficient (Wildman–Crippen LogP) is 1.15. The van der Waals surface area contributed by atoms with Gasteiger partial charge in [-0.2, -0.15) is 0 Å². The summed E-state index contributed by atoms with van der Waals surface area (Å²) < 4.78 is 5.96. The molecule has 2 nitrogen and oxygen atoms in total. The maximum absolute atomic E-state index is 5.96. The maximum atomic E-state index is 5.96. The molecule has 3 atom stereocenters. The van der Waals surface area contributed by atoms with Crippen molar-refractivity contribution in [3.05, 3.63) is 29.3 Å². The number of allylic oxidation sites excluding steroid dienone is 3. The van der Waals surface area contributed by atoms with Crippen molar-refractivity contribution in [3.63, 3.8) is 0 Å². The van der Waals surface area contributed by atoms with Crippen LogP contribution in [-0.4, -0.2) is 25.7 Å². The second-order valence-electron chi connectivity index (χ2n) is 4.13. The van der Waals surface area contributed by atoms with E-state index in [1.807, 2.05) is 18.2 Å². The first-order valence-electron chi connectivity index (χ1n) is 5.59. The lowest BCUT2D eigenvalue weighted by Gasteiger charge is -2.30. The molecule has 0 radical (unpaired) electrons. The lowest BCUT2D eigenvalue weighted by molar-refractivity contribution is -0.886. The Hall–Kier alpha value is 0.180. The van der Waals surface area contributed by atoms with Crippen LogP contribution in [0.1, 0.15) is 13.3 Å². The number of rotatable bonds is 4. The number of likely N-dealkylation sites (tertiary alicyclic amines) is 1. The van der Waals surface area contributed by atoms with Crippen LogP contribution < -0.4 is 4.90 Å². The number of hydrogen-bond acceptors (Lipinski definition) is 3. The number of hydrogen-bond donors (Lipinski definition) is 1. The van der Waals surface area contributed by atoms with Gasteiger partial charge in [0.05, 0.1) is 13.1 Å². The van der Waals surface area contributed by atoms with E-state index < -0.39 is 5.47 Å². The first-order valence-corrected chi connectivity index (χ1v) is 9.32. The van der Waals surface area contributed by atoms with E-state index in [1.54, 1.807) is 4.90 Å². The molecule has 2 rings (SSSR count). The van der Waals surface area contributed by atoms with Crippen LogP contribution in [0, 0.1) is 0 Å². The van der Waals surface area contributed by atoms with Crippen molar-refractivity contribution >= 4 is 29.5 Å². The molecule has 0 amide bonds. The van der Waals surface area contributed by atoms with Gasteiger partial charge in [-0.1, -0.05) is 17.9 Å². The highest BCUT2D eigenvalue weighted by atomic mass is 32.9. The fourth-order valence-electron chi connectivity index (χ4n) is 2.05. The standard InChI is InChI=1S/C11H16NOPS2/c1-2-12-8-7-10(9-12)13-14(15,16)11-5-3-4-6-11/h3-5,10H,2,7-9H2,1H3,(H,15,16). The monoisotopic (exact) mass is 273 g/mol. The van der Waals surface area contributed by atoms with Gasteiger partial charge >= 0.3 is 0 Å². The first-order chi connectivity index (χ1) is 7.62. The van der Waals surface area contributed by atoms with Crippen molar-refractivity contribution in [2.24, 2.45) is 0 Å². The van der Waals surface area contributed by atoms with Crippen molar-refractivity contribution in [2.45, 2.75) is 19.4 Å². The minimum Gasteiger partial charge on any atom is -0.714 e. The summed E-state index contributed by atoms with van der Waals surface area (Å²) in [7, 11) is 0. The Balaban J connectivity index is 1.97. The van der Waals surface area contributed by atoms with Gasteiger partial charge in [0.15, 0.2) is 0 Å². The molecule has 0 saturated carbocycles. The average Bonchev–Trinajstić information content (AvgIpc) is 2.86. The van der Waals surface area contributed by atoms with Crippen LogP contribution in [0.3, 0.4) is 0 Å². The van der Waals surface area contributed by atoms with E-state index in [9.17, 15) is 0 Å². The van der Waals surface area contributed by atoms with Gasteiger partial charge in [-0.05, 0) is 24.5 Å². The number of quaternary nitrogens is 1. The van der Waals surface area contributed by atoms with E-state index in [-0.39, 0.29) is 6.10 Å². The molecule has 0 aromatic heterocycles. The Bertz CT molecular complexity index is 412. The van der Waals surface area contributed by atoms with Crippen molar-refractivity contribution in [1.29, 1.82) is 0 Å². The Labute approximate surface area is 107 Å². The zero-order valence-electron chi connectivity index (χ0n) is 9.31. The SMILES string of the molecule is CC[NH+]1CCC(OP(=S)([S-])C2=C=CC=C2)C1. The first kappa shape index (κ1) is 12.6. The summed E-state index contributed by atoms with van der Waals surface area (Å²) in [6.07, 6.45) is 7.04. The molecule has 1 fully saturated rings. The molecule has 2 aliphatic rings. The Morgan fingerprint density at radius 1 is 1.75 bits per heavy atom. The molecule has 0 spiro atoms. The smallest absolute Gasteiger partial charge is 0.115 e. The largest absolute Gasteiger partial charge is 0.714 e. The molecule has 1 aliphatic carbocycles. The molecule has 1 aliphatic heterocycles. The van der Waals surface area contributed by atoms with Gasteiger partial charge in [0.1, 0.15) is 12.6 Å². The zero-order chi connectivity index (χ0) is 11.6. The summed E-state index contributed by atoms with van der Waals surface area (Å²) in [5.41, 5.74) is 0.850. The highest BCUT2D eigenvalue weighted by Gasteiger charge is 2.27. The van der Waals surface area contributed by atoms with Crippen LogP contribution in [0.4, 0.5) is 0 Å². The van der Waals surface area contributed by atoms with E-state index in [0.29, 0.717) is 0 Å². The van der Waals surface area contributed by atoms with E-state index >= 15 is 0 Å². The molecule has 1 N–H and O–H groups in total. The fourth-order valence-corrected chi connectivity index (χ4v) is 4.65. The van der Waals surface area contributed by atoms with Crippen LogP contribution in [0.25, 0.3) is 0 Å². The summed E-state index contributed by atoms with van der Waals surface area (Å²) in [6.45, 7) is 5.58. The van der Waals surface area contributed by atoms with Gasteiger partial charge in [-0.15, -0.1) is 5.73 Å². The average molecular weight is 273 g/mol. The topological polar surface area (TPSA) is 13.7 Å². The highest BCUT2D eigenvalue weighted by Crippen LogP contribution is 2.55. The van der Waals surface area contributed by atoms with Gasteiger partial charge in [-0.25, -0.2) is 0 Å². The van der Waals surface area contributed by atoms with Crippen LogP contribution in [0.2, 0.25) is 0 Å². The second-order valence-corrected chi connectivity index (χ2v) is 9.59. The Morgan fingerprint density at radius 2 is 2.56 bits per heavy atom. The van der Waals surface area contributed by atoms with Gasteiger partial charge in [0.25, 0.3) is 0 Å². The van der Waals surface area contributed by atoms with Gasteiger partial charge in [0, 0.05) is 11.7 Å². The molecule has 1 heterocycles. The van der Waals surface area contributed by atoms with Gasteiger partial charge in [0.2, 0.25) is 0 Å². The quantitative estimate of drug-likeness (QED) is 0.469. The summed E-state index contributed by atoms with van der Waals surface area (Å²) in [4.78, 5) is 1.58. The fraction of sp³-hybridized carbons (Fsp3) is 0.545. The van der Waals surface area contributed by atoms with Crippen LogP contribution in [0.15, 0.2) is 29.3 Å². The normalized spacial score (nSPS) is 31.8. The molecule has 0 aromatic carbocycles. The lowest BCUT2D eigenvalue weighted by atomic mass is 10.3. The minimum atomic E-state index is -2.24. The minimum absolute atomic E-state index is 0.251. The molecule has 3 unspecified atom stereocenters. The third-order valence-electron chi connectivity index (χ3n) is 3.00. The maximum Gasteiger partial charge on any atom is 0.115 e. The summed E-state index contributed by atoms with van der Waals surface area (Å²) >= 11 is 10.9. The van der Waals surface area contributed by atoms with Gasteiger partial charge in [-0.3, -0.25) is 0 Å². The van der Waals surface area contributed by atoms with E-state index in [1.165, 1.54) is 6.54 Å². The second kappa shape index (κ2) is 5.22. The van der Waals surface area contributed by atoms with Crippen molar-refractivity contribution in [2.75, 3.05) is 19.6 Å². The zero-order valence-corrected chi connectivity index (χ0v) is 11.8. The summed E-state index contributed by atoms with van der Waals surface area (Å²) in [5.74, 6) is 0. The third-order valence-corrected chi connectivity index (χ3v) is 6.14.